The summed E-state index contributed by atoms with van der Waals surface area (Å²) in [5, 5.41) is 4.14. The highest BCUT2D eigenvalue weighted by Crippen LogP contribution is 2.15. The summed E-state index contributed by atoms with van der Waals surface area (Å²) in [5.41, 5.74) is 2.11. The Kier molecular flexibility index (Phi) is 3.08. The summed E-state index contributed by atoms with van der Waals surface area (Å²) in [7, 11) is 0. The summed E-state index contributed by atoms with van der Waals surface area (Å²) < 4.78 is 1.42. The average molecular weight is 219 g/mol. The summed E-state index contributed by atoms with van der Waals surface area (Å²) in [4.78, 5) is 13.9. The summed E-state index contributed by atoms with van der Waals surface area (Å²) in [6.45, 7) is 7.43. The van der Waals surface area contributed by atoms with Gasteiger partial charge in [-0.25, -0.2) is 4.79 Å². The highest BCUT2D eigenvalue weighted by atomic mass is 16.2. The molecule has 0 aliphatic carbocycles. The predicted octanol–water partition coefficient (Wildman–Crippen LogP) is 2.20. The Morgan fingerprint density at radius 3 is 2.94 bits per heavy atom. The number of rotatable bonds is 0. The molecular weight excluding hydrogens is 202 g/mol. The topological polar surface area (TPSA) is 38.1 Å². The van der Waals surface area contributed by atoms with Crippen LogP contribution in [0, 0.1) is 6.92 Å². The smallest absolute Gasteiger partial charge is 0.323 e. The molecule has 4 nitrogen and oxygen atoms in total. The van der Waals surface area contributed by atoms with Crippen molar-refractivity contribution >= 4 is 6.03 Å². The van der Waals surface area contributed by atoms with Gasteiger partial charge in [0.1, 0.15) is 0 Å². The standard InChI is InChI=1S/C12H17N3O/c1-10-4-3-7-14(8-5-10)12(16)15-9-6-11(2)13-15/h6,9H,1,3-5,7-8H2,2H3. The van der Waals surface area contributed by atoms with Crippen LogP contribution in [0.15, 0.2) is 24.4 Å². The Morgan fingerprint density at radius 2 is 2.25 bits per heavy atom. The molecule has 0 aromatic carbocycles. The Hall–Kier alpha value is -1.58. The number of hydrogen-bond donors (Lipinski definition) is 0. The maximum Gasteiger partial charge on any atom is 0.344 e. The zero-order valence-corrected chi connectivity index (χ0v) is 9.65. The van der Waals surface area contributed by atoms with E-state index in [0.29, 0.717) is 0 Å². The predicted molar refractivity (Wildman–Crippen MR) is 62.3 cm³/mol. The SMILES string of the molecule is C=C1CCCN(C(=O)n2ccc(C)n2)CC1. The first-order chi connectivity index (χ1) is 7.66. The molecule has 1 saturated heterocycles. The van der Waals surface area contributed by atoms with Crippen molar-refractivity contribution in [2.75, 3.05) is 13.1 Å². The summed E-state index contributed by atoms with van der Waals surface area (Å²) in [6.07, 6.45) is 4.66. The molecule has 1 aromatic heterocycles. The minimum Gasteiger partial charge on any atom is -0.323 e. The Morgan fingerprint density at radius 1 is 1.44 bits per heavy atom. The van der Waals surface area contributed by atoms with E-state index in [1.165, 1.54) is 10.3 Å². The van der Waals surface area contributed by atoms with Crippen molar-refractivity contribution < 1.29 is 4.79 Å². The van der Waals surface area contributed by atoms with Crippen molar-refractivity contribution in [3.8, 4) is 0 Å². The normalized spacial score (nSPS) is 17.3. The number of amides is 1. The van der Waals surface area contributed by atoms with E-state index in [1.54, 1.807) is 6.20 Å². The molecule has 1 aliphatic rings. The lowest BCUT2D eigenvalue weighted by Crippen LogP contribution is -2.35. The molecule has 1 aromatic rings. The van der Waals surface area contributed by atoms with Gasteiger partial charge in [0.15, 0.2) is 0 Å². The van der Waals surface area contributed by atoms with Crippen LogP contribution in [0.25, 0.3) is 0 Å². The molecule has 1 fully saturated rings. The van der Waals surface area contributed by atoms with Gasteiger partial charge in [-0.05, 0) is 32.3 Å². The lowest BCUT2D eigenvalue weighted by atomic mass is 10.1. The first kappa shape index (κ1) is 10.9. The van der Waals surface area contributed by atoms with Crippen LogP contribution in [0.4, 0.5) is 4.79 Å². The third kappa shape index (κ3) is 2.32. The van der Waals surface area contributed by atoms with Gasteiger partial charge in [0.25, 0.3) is 0 Å². The summed E-state index contributed by atoms with van der Waals surface area (Å²) >= 11 is 0. The van der Waals surface area contributed by atoms with Crippen LogP contribution in [0.3, 0.4) is 0 Å². The van der Waals surface area contributed by atoms with E-state index in [9.17, 15) is 4.79 Å². The fraction of sp³-hybridized carbons (Fsp3) is 0.500. The van der Waals surface area contributed by atoms with E-state index in [1.807, 2.05) is 17.9 Å². The molecular formula is C12H17N3O. The Balaban J connectivity index is 2.06. The largest absolute Gasteiger partial charge is 0.344 e. The van der Waals surface area contributed by atoms with Crippen LogP contribution in [0.5, 0.6) is 0 Å². The number of carbonyl (C=O) groups excluding carboxylic acids is 1. The lowest BCUT2D eigenvalue weighted by molar-refractivity contribution is 0.198. The number of aryl methyl sites for hydroxylation is 1. The lowest BCUT2D eigenvalue weighted by Gasteiger charge is -2.19. The van der Waals surface area contributed by atoms with Crippen LogP contribution < -0.4 is 0 Å². The van der Waals surface area contributed by atoms with E-state index in [2.05, 4.69) is 11.7 Å². The molecule has 4 heteroatoms. The Bertz CT molecular complexity index is 408. The van der Waals surface area contributed by atoms with Crippen molar-refractivity contribution in [3.05, 3.63) is 30.1 Å². The zero-order chi connectivity index (χ0) is 11.5. The second kappa shape index (κ2) is 4.51. The summed E-state index contributed by atoms with van der Waals surface area (Å²) in [6, 6.07) is 1.82. The molecule has 0 atom stereocenters. The maximum atomic E-state index is 12.1. The molecule has 0 N–H and O–H groups in total. The Labute approximate surface area is 95.5 Å². The first-order valence-corrected chi connectivity index (χ1v) is 5.65. The van der Waals surface area contributed by atoms with Gasteiger partial charge in [0.2, 0.25) is 0 Å². The van der Waals surface area contributed by atoms with E-state index in [4.69, 9.17) is 0 Å². The summed E-state index contributed by atoms with van der Waals surface area (Å²) in [5.74, 6) is 0. The molecule has 0 spiro atoms. The van der Waals surface area contributed by atoms with Gasteiger partial charge in [-0.1, -0.05) is 12.2 Å². The minimum absolute atomic E-state index is 0.0252. The van der Waals surface area contributed by atoms with Crippen molar-refractivity contribution in [1.82, 2.24) is 14.7 Å². The molecule has 1 aliphatic heterocycles. The van der Waals surface area contributed by atoms with Crippen LogP contribution in [-0.2, 0) is 0 Å². The molecule has 1 amide bonds. The average Bonchev–Trinajstić information content (AvgIpc) is 2.57. The molecule has 86 valence electrons. The van der Waals surface area contributed by atoms with Gasteiger partial charge >= 0.3 is 6.03 Å². The fourth-order valence-corrected chi connectivity index (χ4v) is 1.91. The molecule has 2 rings (SSSR count). The fourth-order valence-electron chi connectivity index (χ4n) is 1.91. The van der Waals surface area contributed by atoms with Gasteiger partial charge in [-0.15, -0.1) is 0 Å². The van der Waals surface area contributed by atoms with Gasteiger partial charge in [0, 0.05) is 19.3 Å². The monoisotopic (exact) mass is 219 g/mol. The van der Waals surface area contributed by atoms with E-state index >= 15 is 0 Å². The minimum atomic E-state index is -0.0252. The molecule has 0 unspecified atom stereocenters. The number of likely N-dealkylation sites (tertiary alicyclic amines) is 1. The van der Waals surface area contributed by atoms with Crippen molar-refractivity contribution in [1.29, 1.82) is 0 Å². The van der Waals surface area contributed by atoms with Gasteiger partial charge < -0.3 is 4.90 Å². The number of aromatic nitrogens is 2. The van der Waals surface area contributed by atoms with Gasteiger partial charge in [-0.2, -0.15) is 9.78 Å². The number of hydrogen-bond acceptors (Lipinski definition) is 2. The second-order valence-corrected chi connectivity index (χ2v) is 4.27. The zero-order valence-electron chi connectivity index (χ0n) is 9.65. The molecule has 0 saturated carbocycles. The number of nitrogens with zero attached hydrogens (tertiary/aromatic N) is 3. The van der Waals surface area contributed by atoms with Gasteiger partial charge in [-0.3, -0.25) is 0 Å². The number of carbonyl (C=O) groups is 1. The van der Waals surface area contributed by atoms with E-state index in [0.717, 1.165) is 38.0 Å². The highest BCUT2D eigenvalue weighted by molar-refractivity contribution is 5.76. The quantitative estimate of drug-likeness (QED) is 0.627. The second-order valence-electron chi connectivity index (χ2n) is 4.27. The van der Waals surface area contributed by atoms with Gasteiger partial charge in [0.05, 0.1) is 5.69 Å². The van der Waals surface area contributed by atoms with Crippen LogP contribution in [0.2, 0.25) is 0 Å². The van der Waals surface area contributed by atoms with Crippen LogP contribution in [0.1, 0.15) is 25.0 Å². The molecule has 2 heterocycles. The van der Waals surface area contributed by atoms with Crippen LogP contribution in [-0.4, -0.2) is 33.8 Å². The molecule has 16 heavy (non-hydrogen) atoms. The van der Waals surface area contributed by atoms with Crippen molar-refractivity contribution in [2.24, 2.45) is 0 Å². The molecule has 0 radical (unpaired) electrons. The first-order valence-electron chi connectivity index (χ1n) is 5.65. The van der Waals surface area contributed by atoms with Crippen LogP contribution >= 0.6 is 0 Å². The highest BCUT2D eigenvalue weighted by Gasteiger charge is 2.18. The maximum absolute atomic E-state index is 12.1. The van der Waals surface area contributed by atoms with E-state index < -0.39 is 0 Å². The third-order valence-electron chi connectivity index (χ3n) is 2.88. The van der Waals surface area contributed by atoms with Crippen molar-refractivity contribution in [3.63, 3.8) is 0 Å². The van der Waals surface area contributed by atoms with Crippen molar-refractivity contribution in [2.45, 2.75) is 26.2 Å². The van der Waals surface area contributed by atoms with E-state index in [-0.39, 0.29) is 6.03 Å². The molecule has 0 bridgehead atoms. The third-order valence-corrected chi connectivity index (χ3v) is 2.88.